The molecule has 0 unspecified atom stereocenters. The first kappa shape index (κ1) is 17.7. The summed E-state index contributed by atoms with van der Waals surface area (Å²) in [6, 6.07) is 1.15. The molecule has 0 aliphatic carbocycles. The van der Waals surface area contributed by atoms with E-state index >= 15 is 0 Å². The Bertz CT molecular complexity index is 872. The maximum Gasteiger partial charge on any atom is 0.434 e. The van der Waals surface area contributed by atoms with E-state index in [9.17, 15) is 18.0 Å². The maximum atomic E-state index is 13.4. The lowest BCUT2D eigenvalue weighted by molar-refractivity contribution is -0.141. The molecule has 0 spiro atoms. The summed E-state index contributed by atoms with van der Waals surface area (Å²) in [5, 5.41) is 0.247. The highest BCUT2D eigenvalue weighted by molar-refractivity contribution is 9.10. The number of pyridine rings is 2. The van der Waals surface area contributed by atoms with E-state index in [-0.39, 0.29) is 38.6 Å². The smallest absolute Gasteiger partial charge is 0.383 e. The zero-order valence-corrected chi connectivity index (χ0v) is 14.4. The highest BCUT2D eigenvalue weighted by Gasteiger charge is 2.38. The van der Waals surface area contributed by atoms with Gasteiger partial charge in [0.1, 0.15) is 5.82 Å². The fraction of sp³-hybridized carbons (Fsp3) is 0.357. The van der Waals surface area contributed by atoms with Crippen LogP contribution < -0.4 is 22.1 Å². The van der Waals surface area contributed by atoms with Crippen molar-refractivity contribution in [3.8, 4) is 0 Å². The van der Waals surface area contributed by atoms with Gasteiger partial charge in [0.25, 0.3) is 5.91 Å². The third-order valence-corrected chi connectivity index (χ3v) is 4.75. The monoisotopic (exact) mass is 418 g/mol. The van der Waals surface area contributed by atoms with E-state index in [1.165, 1.54) is 6.07 Å². The fourth-order valence-corrected chi connectivity index (χ4v) is 3.62. The summed E-state index contributed by atoms with van der Waals surface area (Å²) in [4.78, 5) is 20.7. The molecule has 0 aromatic carbocycles. The quantitative estimate of drug-likeness (QED) is 0.680. The molecule has 0 radical (unpaired) electrons. The molecule has 1 fully saturated rings. The van der Waals surface area contributed by atoms with Crippen LogP contribution in [0.1, 0.15) is 22.5 Å². The Balaban J connectivity index is 2.36. The van der Waals surface area contributed by atoms with E-state index in [4.69, 9.17) is 17.2 Å². The molecule has 0 saturated carbocycles. The van der Waals surface area contributed by atoms with Gasteiger partial charge in [-0.3, -0.25) is 4.79 Å². The number of nitrogens with two attached hydrogens (primary N) is 3. The Morgan fingerprint density at radius 3 is 2.56 bits per heavy atom. The molecular formula is C14H14BrF3N6O. The van der Waals surface area contributed by atoms with Crippen LogP contribution in [-0.2, 0) is 6.18 Å². The number of hydrogen-bond acceptors (Lipinski definition) is 6. The number of anilines is 2. The first-order chi connectivity index (χ1) is 11.6. The van der Waals surface area contributed by atoms with E-state index in [2.05, 4.69) is 25.9 Å². The largest absolute Gasteiger partial charge is 0.434 e. The SMILES string of the molecule is NC(=O)c1cc2c(N3CC[C@@H](N)C3)c(Br)c(C(F)(F)F)nc2nc1N. The molecule has 3 heterocycles. The van der Waals surface area contributed by atoms with Gasteiger partial charge in [-0.1, -0.05) is 0 Å². The van der Waals surface area contributed by atoms with E-state index in [0.29, 0.717) is 19.5 Å². The molecule has 1 aliphatic rings. The molecule has 6 N–H and O–H groups in total. The van der Waals surface area contributed by atoms with Crippen LogP contribution in [0.25, 0.3) is 11.0 Å². The topological polar surface area (TPSA) is 124 Å². The summed E-state index contributed by atoms with van der Waals surface area (Å²) in [5.41, 5.74) is 15.6. The van der Waals surface area contributed by atoms with Crippen molar-refractivity contribution in [2.45, 2.75) is 18.6 Å². The van der Waals surface area contributed by atoms with Crippen molar-refractivity contribution < 1.29 is 18.0 Å². The lowest BCUT2D eigenvalue weighted by Crippen LogP contribution is -2.27. The fourth-order valence-electron chi connectivity index (χ4n) is 2.85. The van der Waals surface area contributed by atoms with E-state index in [1.54, 1.807) is 4.90 Å². The van der Waals surface area contributed by atoms with Gasteiger partial charge in [0.15, 0.2) is 11.3 Å². The van der Waals surface area contributed by atoms with Crippen LogP contribution in [0.4, 0.5) is 24.7 Å². The number of primary amides is 1. The Labute approximate surface area is 148 Å². The van der Waals surface area contributed by atoms with Crippen LogP contribution in [0.5, 0.6) is 0 Å². The molecule has 134 valence electrons. The Morgan fingerprint density at radius 2 is 2.04 bits per heavy atom. The second kappa shape index (κ2) is 5.99. The summed E-state index contributed by atoms with van der Waals surface area (Å²) in [7, 11) is 0. The van der Waals surface area contributed by atoms with Crippen molar-refractivity contribution in [2.75, 3.05) is 23.7 Å². The summed E-state index contributed by atoms with van der Waals surface area (Å²) < 4.78 is 39.8. The van der Waals surface area contributed by atoms with E-state index in [0.717, 1.165) is 0 Å². The van der Waals surface area contributed by atoms with Gasteiger partial charge in [-0.25, -0.2) is 9.97 Å². The molecular weight excluding hydrogens is 405 g/mol. The second-order valence-corrected chi connectivity index (χ2v) is 6.57. The highest BCUT2D eigenvalue weighted by atomic mass is 79.9. The van der Waals surface area contributed by atoms with Crippen LogP contribution in [0.15, 0.2) is 10.5 Å². The molecule has 2 aromatic rings. The number of nitrogen functional groups attached to an aromatic ring is 1. The molecule has 2 aromatic heterocycles. The average Bonchev–Trinajstić information content (AvgIpc) is 2.91. The molecule has 1 aliphatic heterocycles. The first-order valence-corrected chi connectivity index (χ1v) is 8.06. The van der Waals surface area contributed by atoms with E-state index < -0.39 is 17.8 Å². The van der Waals surface area contributed by atoms with Crippen molar-refractivity contribution in [2.24, 2.45) is 11.5 Å². The van der Waals surface area contributed by atoms with Gasteiger partial charge in [-0.05, 0) is 28.4 Å². The van der Waals surface area contributed by atoms with Gasteiger partial charge < -0.3 is 22.1 Å². The van der Waals surface area contributed by atoms with Gasteiger partial charge in [0.05, 0.1) is 15.7 Å². The maximum absolute atomic E-state index is 13.4. The number of alkyl halides is 3. The van der Waals surface area contributed by atoms with Gasteiger partial charge in [-0.2, -0.15) is 13.2 Å². The predicted octanol–water partition coefficient (Wildman–Crippen LogP) is 1.63. The first-order valence-electron chi connectivity index (χ1n) is 7.27. The number of nitrogens with zero attached hydrogens (tertiary/aromatic N) is 3. The van der Waals surface area contributed by atoms with Crippen LogP contribution in [0, 0.1) is 0 Å². The molecule has 25 heavy (non-hydrogen) atoms. The molecule has 1 amide bonds. The number of aromatic nitrogens is 2. The highest BCUT2D eigenvalue weighted by Crippen LogP contribution is 2.43. The second-order valence-electron chi connectivity index (χ2n) is 5.77. The Hall–Kier alpha value is -2.14. The standard InChI is InChI=1S/C14H14BrF3N6O/c15-8-9(24-2-1-5(19)4-24)6-3-7(12(21)25)11(20)23-13(6)22-10(8)14(16,17)18/h3,5H,1-2,4,19H2,(H2,21,25)(H2,20,22,23)/t5-/m1/s1. The third kappa shape index (κ3) is 3.09. The zero-order valence-electron chi connectivity index (χ0n) is 12.8. The van der Waals surface area contributed by atoms with Crippen LogP contribution >= 0.6 is 15.9 Å². The van der Waals surface area contributed by atoms with Crippen molar-refractivity contribution in [3.63, 3.8) is 0 Å². The third-order valence-electron chi connectivity index (χ3n) is 4.00. The number of rotatable bonds is 2. The number of fused-ring (bicyclic) bond motifs is 1. The number of halogens is 4. The number of carbonyl (C=O) groups excluding carboxylic acids is 1. The Morgan fingerprint density at radius 1 is 1.36 bits per heavy atom. The van der Waals surface area contributed by atoms with Crippen molar-refractivity contribution in [1.29, 1.82) is 0 Å². The number of hydrogen-bond donors (Lipinski definition) is 3. The molecule has 3 rings (SSSR count). The zero-order chi connectivity index (χ0) is 18.5. The van der Waals surface area contributed by atoms with E-state index in [1.807, 2.05) is 0 Å². The number of carbonyl (C=O) groups is 1. The van der Waals surface area contributed by atoms with Gasteiger partial charge >= 0.3 is 6.18 Å². The minimum absolute atomic E-state index is 0.0781. The molecule has 11 heteroatoms. The summed E-state index contributed by atoms with van der Waals surface area (Å²) >= 11 is 3.01. The van der Waals surface area contributed by atoms with Gasteiger partial charge in [-0.15, -0.1) is 0 Å². The molecule has 7 nitrogen and oxygen atoms in total. The van der Waals surface area contributed by atoms with Gasteiger partial charge in [0.2, 0.25) is 0 Å². The predicted molar refractivity (Wildman–Crippen MR) is 90.0 cm³/mol. The van der Waals surface area contributed by atoms with Crippen LogP contribution in [0.3, 0.4) is 0 Å². The van der Waals surface area contributed by atoms with Gasteiger partial charge in [0, 0.05) is 24.5 Å². The average molecular weight is 419 g/mol. The lowest BCUT2D eigenvalue weighted by atomic mass is 10.1. The summed E-state index contributed by atoms with van der Waals surface area (Å²) in [5.74, 6) is -1.10. The summed E-state index contributed by atoms with van der Waals surface area (Å²) in [6.45, 7) is 0.831. The van der Waals surface area contributed by atoms with Crippen molar-refractivity contribution >= 4 is 44.4 Å². The molecule has 1 atom stereocenters. The summed E-state index contributed by atoms with van der Waals surface area (Å²) in [6.07, 6.45) is -4.06. The van der Waals surface area contributed by atoms with Crippen LogP contribution in [0.2, 0.25) is 0 Å². The van der Waals surface area contributed by atoms with Crippen LogP contribution in [-0.4, -0.2) is 35.0 Å². The minimum atomic E-state index is -4.69. The van der Waals surface area contributed by atoms with Crippen molar-refractivity contribution in [1.82, 2.24) is 9.97 Å². The number of amides is 1. The normalized spacial score (nSPS) is 18.1. The van der Waals surface area contributed by atoms with Crippen molar-refractivity contribution in [3.05, 3.63) is 21.8 Å². The molecule has 1 saturated heterocycles. The lowest BCUT2D eigenvalue weighted by Gasteiger charge is -2.24. The Kier molecular flexibility index (Phi) is 4.23. The minimum Gasteiger partial charge on any atom is -0.383 e. The molecule has 0 bridgehead atoms.